The molecule has 1 saturated carbocycles. The number of nitrogens with zero attached hydrogens (tertiary/aromatic N) is 1. The molecule has 3 unspecified atom stereocenters. The lowest BCUT2D eigenvalue weighted by atomic mass is 9.79. The molecule has 112 valence electrons. The number of carboxylic acid groups (broad SMARTS) is 1. The minimum atomic E-state index is -1.15. The summed E-state index contributed by atoms with van der Waals surface area (Å²) >= 11 is 0. The first-order valence-corrected chi connectivity index (χ1v) is 7.59. The number of carbonyl (C=O) groups is 2. The van der Waals surface area contributed by atoms with Gasteiger partial charge in [-0.2, -0.15) is 0 Å². The molecule has 0 spiro atoms. The number of carboxylic acids is 1. The third kappa shape index (κ3) is 2.43. The Labute approximate surface area is 124 Å². The molecule has 4 heteroatoms. The molecule has 1 N–H and O–H groups in total. The average Bonchev–Trinajstić information content (AvgIpc) is 3.10. The maximum Gasteiger partial charge on any atom is 0.314 e. The third-order valence-corrected chi connectivity index (χ3v) is 5.12. The Hall–Kier alpha value is -1.84. The van der Waals surface area contributed by atoms with Gasteiger partial charge in [0.15, 0.2) is 0 Å². The number of hydrogen-bond acceptors (Lipinski definition) is 2. The number of piperidine rings is 1. The van der Waals surface area contributed by atoms with Crippen LogP contribution >= 0.6 is 0 Å². The standard InChI is InChI=1S/C17H21NO3/c1-17(16(20)21,13-5-3-2-4-6-13)10-15(19)18-11-12-7-8-14(18)9-12/h2-6,12,14H,7-11H2,1H3,(H,20,21). The molecule has 1 saturated heterocycles. The summed E-state index contributed by atoms with van der Waals surface area (Å²) in [4.78, 5) is 26.3. The van der Waals surface area contributed by atoms with Gasteiger partial charge in [0.2, 0.25) is 5.91 Å². The predicted molar refractivity (Wildman–Crippen MR) is 78.9 cm³/mol. The fraction of sp³-hybridized carbons (Fsp3) is 0.529. The quantitative estimate of drug-likeness (QED) is 0.925. The van der Waals surface area contributed by atoms with Crippen molar-refractivity contribution in [1.82, 2.24) is 4.90 Å². The molecule has 2 aliphatic rings. The molecule has 0 radical (unpaired) electrons. The molecule has 1 aromatic carbocycles. The number of carbonyl (C=O) groups excluding carboxylic acids is 1. The van der Waals surface area contributed by atoms with Crippen LogP contribution in [0.3, 0.4) is 0 Å². The van der Waals surface area contributed by atoms with Crippen molar-refractivity contribution in [3.8, 4) is 0 Å². The lowest BCUT2D eigenvalue weighted by Crippen LogP contribution is -2.43. The van der Waals surface area contributed by atoms with E-state index in [0.717, 1.165) is 19.4 Å². The van der Waals surface area contributed by atoms with Gasteiger partial charge in [0.1, 0.15) is 0 Å². The Morgan fingerprint density at radius 2 is 2.00 bits per heavy atom. The van der Waals surface area contributed by atoms with Gasteiger partial charge in [-0.1, -0.05) is 30.3 Å². The summed E-state index contributed by atoms with van der Waals surface area (Å²) in [5.41, 5.74) is -0.463. The van der Waals surface area contributed by atoms with E-state index in [1.807, 2.05) is 23.1 Å². The molecule has 4 nitrogen and oxygen atoms in total. The number of rotatable bonds is 4. The van der Waals surface area contributed by atoms with E-state index in [2.05, 4.69) is 0 Å². The zero-order valence-corrected chi connectivity index (χ0v) is 12.3. The molecule has 2 fully saturated rings. The Balaban J connectivity index is 1.80. The molecule has 3 rings (SSSR count). The largest absolute Gasteiger partial charge is 0.481 e. The highest BCUT2D eigenvalue weighted by atomic mass is 16.4. The number of fused-ring (bicyclic) bond motifs is 2. The van der Waals surface area contributed by atoms with Gasteiger partial charge >= 0.3 is 5.97 Å². The van der Waals surface area contributed by atoms with Crippen molar-refractivity contribution in [3.63, 3.8) is 0 Å². The first kappa shape index (κ1) is 14.1. The van der Waals surface area contributed by atoms with Gasteiger partial charge in [-0.25, -0.2) is 0 Å². The maximum absolute atomic E-state index is 12.6. The molecule has 1 aliphatic heterocycles. The fourth-order valence-electron chi connectivity index (χ4n) is 3.74. The van der Waals surface area contributed by atoms with Crippen molar-refractivity contribution in [2.45, 2.75) is 44.1 Å². The summed E-state index contributed by atoms with van der Waals surface area (Å²) in [6.07, 6.45) is 3.42. The van der Waals surface area contributed by atoms with E-state index >= 15 is 0 Å². The molecule has 2 bridgehead atoms. The highest BCUT2D eigenvalue weighted by molar-refractivity contribution is 5.89. The number of aliphatic carboxylic acids is 1. The summed E-state index contributed by atoms with van der Waals surface area (Å²) < 4.78 is 0. The Kier molecular flexibility index (Phi) is 3.47. The van der Waals surface area contributed by atoms with E-state index in [4.69, 9.17) is 0 Å². The van der Waals surface area contributed by atoms with E-state index in [9.17, 15) is 14.7 Å². The lowest BCUT2D eigenvalue weighted by molar-refractivity contribution is -0.148. The summed E-state index contributed by atoms with van der Waals surface area (Å²) in [7, 11) is 0. The topological polar surface area (TPSA) is 57.6 Å². The molecule has 1 aromatic rings. The maximum atomic E-state index is 12.6. The number of hydrogen-bond donors (Lipinski definition) is 1. The zero-order valence-electron chi connectivity index (χ0n) is 12.3. The second kappa shape index (κ2) is 5.17. The summed E-state index contributed by atoms with van der Waals surface area (Å²) in [6, 6.07) is 9.41. The molecule has 1 heterocycles. The van der Waals surface area contributed by atoms with Gasteiger partial charge in [-0.15, -0.1) is 0 Å². The minimum Gasteiger partial charge on any atom is -0.481 e. The second-order valence-electron chi connectivity index (χ2n) is 6.56. The smallest absolute Gasteiger partial charge is 0.314 e. The molecular weight excluding hydrogens is 266 g/mol. The third-order valence-electron chi connectivity index (χ3n) is 5.12. The van der Waals surface area contributed by atoms with E-state index in [0.29, 0.717) is 17.5 Å². The van der Waals surface area contributed by atoms with Crippen LogP contribution in [0.2, 0.25) is 0 Å². The van der Waals surface area contributed by atoms with Gasteiger partial charge in [-0.3, -0.25) is 9.59 Å². The van der Waals surface area contributed by atoms with Crippen LogP contribution in [0.25, 0.3) is 0 Å². The van der Waals surface area contributed by atoms with Crippen LogP contribution in [0.15, 0.2) is 30.3 Å². The highest BCUT2D eigenvalue weighted by Crippen LogP contribution is 2.39. The molecule has 1 amide bonds. The first-order chi connectivity index (χ1) is 10.0. The Bertz CT molecular complexity index is 556. The van der Waals surface area contributed by atoms with Crippen molar-refractivity contribution in [2.24, 2.45) is 5.92 Å². The van der Waals surface area contributed by atoms with Gasteiger partial charge in [0.05, 0.1) is 5.41 Å². The summed E-state index contributed by atoms with van der Waals surface area (Å²) in [6.45, 7) is 2.46. The van der Waals surface area contributed by atoms with E-state index in [1.54, 1.807) is 19.1 Å². The summed E-state index contributed by atoms with van der Waals surface area (Å²) in [5.74, 6) is -0.325. The van der Waals surface area contributed by atoms with Crippen molar-refractivity contribution >= 4 is 11.9 Å². The normalized spacial score (nSPS) is 26.6. The Morgan fingerprint density at radius 1 is 1.29 bits per heavy atom. The molecule has 1 aliphatic carbocycles. The molecular formula is C17H21NO3. The van der Waals surface area contributed by atoms with Crippen LogP contribution in [0.4, 0.5) is 0 Å². The summed E-state index contributed by atoms with van der Waals surface area (Å²) in [5, 5.41) is 9.64. The Morgan fingerprint density at radius 3 is 2.52 bits per heavy atom. The predicted octanol–water partition coefficient (Wildman–Crippen LogP) is 2.43. The van der Waals surface area contributed by atoms with Gasteiger partial charge < -0.3 is 10.0 Å². The van der Waals surface area contributed by atoms with Crippen LogP contribution < -0.4 is 0 Å². The molecule has 3 atom stereocenters. The van der Waals surface area contributed by atoms with E-state index in [1.165, 1.54) is 6.42 Å². The average molecular weight is 287 g/mol. The first-order valence-electron chi connectivity index (χ1n) is 7.59. The monoisotopic (exact) mass is 287 g/mol. The molecule has 21 heavy (non-hydrogen) atoms. The van der Waals surface area contributed by atoms with Crippen LogP contribution in [0.1, 0.15) is 38.2 Å². The molecule has 0 aromatic heterocycles. The number of benzene rings is 1. The number of likely N-dealkylation sites (tertiary alicyclic amines) is 1. The fourth-order valence-corrected chi connectivity index (χ4v) is 3.74. The van der Waals surface area contributed by atoms with Crippen LogP contribution in [-0.2, 0) is 15.0 Å². The van der Waals surface area contributed by atoms with Gasteiger partial charge in [0, 0.05) is 19.0 Å². The van der Waals surface area contributed by atoms with E-state index in [-0.39, 0.29) is 12.3 Å². The zero-order chi connectivity index (χ0) is 15.0. The van der Waals surface area contributed by atoms with E-state index < -0.39 is 11.4 Å². The van der Waals surface area contributed by atoms with Gasteiger partial charge in [-0.05, 0) is 37.7 Å². The lowest BCUT2D eigenvalue weighted by Gasteiger charge is -2.31. The highest BCUT2D eigenvalue weighted by Gasteiger charge is 2.44. The van der Waals surface area contributed by atoms with Crippen molar-refractivity contribution in [1.29, 1.82) is 0 Å². The van der Waals surface area contributed by atoms with Crippen LogP contribution in [0.5, 0.6) is 0 Å². The van der Waals surface area contributed by atoms with Crippen molar-refractivity contribution < 1.29 is 14.7 Å². The van der Waals surface area contributed by atoms with Crippen molar-refractivity contribution in [2.75, 3.05) is 6.54 Å². The SMILES string of the molecule is CC(CC(=O)N1CC2CCC1C2)(C(=O)O)c1ccccc1. The van der Waals surface area contributed by atoms with Crippen molar-refractivity contribution in [3.05, 3.63) is 35.9 Å². The van der Waals surface area contributed by atoms with Crippen LogP contribution in [-0.4, -0.2) is 34.5 Å². The second-order valence-corrected chi connectivity index (χ2v) is 6.56. The number of amides is 1. The minimum absolute atomic E-state index is 0.0176. The van der Waals surface area contributed by atoms with Crippen LogP contribution in [0, 0.1) is 5.92 Å². The van der Waals surface area contributed by atoms with Gasteiger partial charge in [0.25, 0.3) is 0 Å².